The first kappa shape index (κ1) is 21.2. The van der Waals surface area contributed by atoms with Gasteiger partial charge in [-0.25, -0.2) is 18.0 Å². The van der Waals surface area contributed by atoms with Crippen LogP contribution in [0, 0.1) is 17.5 Å². The van der Waals surface area contributed by atoms with Crippen molar-refractivity contribution < 1.29 is 27.8 Å². The zero-order valence-electron chi connectivity index (χ0n) is 15.7. The summed E-state index contributed by atoms with van der Waals surface area (Å²) in [6.45, 7) is -0.118. The van der Waals surface area contributed by atoms with Crippen molar-refractivity contribution in [1.82, 2.24) is 5.32 Å². The maximum atomic E-state index is 13.7. The smallest absolute Gasteiger partial charge is 0.319 e. The van der Waals surface area contributed by atoms with Crippen molar-refractivity contribution in [2.45, 2.75) is 12.7 Å². The monoisotopic (exact) mass is 416 g/mol. The average Bonchev–Trinajstić information content (AvgIpc) is 2.71. The van der Waals surface area contributed by atoms with E-state index in [9.17, 15) is 23.1 Å². The van der Waals surface area contributed by atoms with E-state index in [0.29, 0.717) is 23.1 Å². The van der Waals surface area contributed by atoms with E-state index in [-0.39, 0.29) is 24.5 Å². The second kappa shape index (κ2) is 9.80. The molecular formula is C22H19F3N2O3. The fraction of sp³-hybridized carbons (Fsp3) is 0.136. The first-order valence-corrected chi connectivity index (χ1v) is 9.06. The van der Waals surface area contributed by atoms with Crippen LogP contribution in [-0.4, -0.2) is 17.7 Å². The highest BCUT2D eigenvalue weighted by molar-refractivity contribution is 5.89. The number of anilines is 1. The molecule has 0 heterocycles. The highest BCUT2D eigenvalue weighted by Gasteiger charge is 2.14. The van der Waals surface area contributed by atoms with Crippen molar-refractivity contribution in [2.24, 2.45) is 0 Å². The minimum Gasteiger partial charge on any atom is -0.489 e. The van der Waals surface area contributed by atoms with E-state index < -0.39 is 23.8 Å². The fourth-order valence-corrected chi connectivity index (χ4v) is 2.70. The van der Waals surface area contributed by atoms with Crippen LogP contribution >= 0.6 is 0 Å². The van der Waals surface area contributed by atoms with Crippen molar-refractivity contribution in [3.63, 3.8) is 0 Å². The molecule has 0 aliphatic rings. The summed E-state index contributed by atoms with van der Waals surface area (Å²) in [6.07, 6.45) is -1.34. The van der Waals surface area contributed by atoms with Crippen LogP contribution in [0.15, 0.2) is 66.7 Å². The molecule has 0 radical (unpaired) electrons. The number of hydrogen-bond donors (Lipinski definition) is 3. The van der Waals surface area contributed by atoms with Crippen molar-refractivity contribution in [3.8, 4) is 5.75 Å². The number of aliphatic hydroxyl groups is 1. The van der Waals surface area contributed by atoms with E-state index in [1.54, 1.807) is 36.4 Å². The van der Waals surface area contributed by atoms with Gasteiger partial charge in [0.15, 0.2) is 0 Å². The number of benzene rings is 3. The van der Waals surface area contributed by atoms with E-state index in [1.165, 1.54) is 12.1 Å². The normalized spacial score (nSPS) is 11.6. The third-order valence-corrected chi connectivity index (χ3v) is 4.16. The van der Waals surface area contributed by atoms with E-state index >= 15 is 0 Å². The van der Waals surface area contributed by atoms with Crippen molar-refractivity contribution in [2.75, 3.05) is 11.9 Å². The standard InChI is InChI=1S/C22H19F3N2O3/c23-15-4-1-3-14(9-15)13-30-18-6-2-5-17(11-18)27-22(29)26-12-21(28)19-8-7-16(24)10-20(19)25/h1-11,21,28H,12-13H2,(H2,26,27,29). The number of carbonyl (C=O) groups excluding carboxylic acids is 1. The van der Waals surface area contributed by atoms with Gasteiger partial charge in [-0.1, -0.05) is 24.3 Å². The molecule has 0 saturated carbocycles. The second-order valence-corrected chi connectivity index (χ2v) is 6.46. The summed E-state index contributed by atoms with van der Waals surface area (Å²) < 4.78 is 45.4. The van der Waals surface area contributed by atoms with Gasteiger partial charge >= 0.3 is 6.03 Å². The molecule has 0 aliphatic carbocycles. The topological polar surface area (TPSA) is 70.6 Å². The molecule has 3 rings (SSSR count). The SMILES string of the molecule is O=C(NCC(O)c1ccc(F)cc1F)Nc1cccc(OCc2cccc(F)c2)c1. The quantitative estimate of drug-likeness (QED) is 0.530. The number of carbonyl (C=O) groups is 1. The molecular weight excluding hydrogens is 397 g/mol. The van der Waals surface area contributed by atoms with Gasteiger partial charge in [-0.05, 0) is 35.9 Å². The van der Waals surface area contributed by atoms with Gasteiger partial charge in [0.25, 0.3) is 0 Å². The molecule has 2 amide bonds. The third-order valence-electron chi connectivity index (χ3n) is 4.16. The molecule has 8 heteroatoms. The molecule has 0 fully saturated rings. The van der Waals surface area contributed by atoms with Crippen LogP contribution in [0.2, 0.25) is 0 Å². The van der Waals surface area contributed by atoms with Crippen LogP contribution in [-0.2, 0) is 6.61 Å². The predicted octanol–water partition coefficient (Wildman–Crippen LogP) is 4.54. The fourth-order valence-electron chi connectivity index (χ4n) is 2.70. The number of nitrogens with one attached hydrogen (secondary N) is 2. The molecule has 0 spiro atoms. The number of rotatable bonds is 7. The van der Waals surface area contributed by atoms with Crippen molar-refractivity contribution in [1.29, 1.82) is 0 Å². The van der Waals surface area contributed by atoms with Gasteiger partial charge in [0.05, 0.1) is 6.10 Å². The highest BCUT2D eigenvalue weighted by Crippen LogP contribution is 2.20. The molecule has 0 saturated heterocycles. The summed E-state index contributed by atoms with van der Waals surface area (Å²) in [5.74, 6) is -1.54. The van der Waals surface area contributed by atoms with Crippen molar-refractivity contribution >= 4 is 11.7 Å². The molecule has 3 aromatic carbocycles. The summed E-state index contributed by atoms with van der Waals surface area (Å²) in [4.78, 5) is 12.0. The van der Waals surface area contributed by atoms with Gasteiger partial charge in [0, 0.05) is 29.9 Å². The van der Waals surface area contributed by atoms with E-state index in [0.717, 1.165) is 12.1 Å². The van der Waals surface area contributed by atoms with E-state index in [1.807, 2.05) is 0 Å². The Kier molecular flexibility index (Phi) is 6.92. The van der Waals surface area contributed by atoms with E-state index in [2.05, 4.69) is 10.6 Å². The lowest BCUT2D eigenvalue weighted by molar-refractivity contribution is 0.170. The molecule has 1 atom stereocenters. The van der Waals surface area contributed by atoms with Gasteiger partial charge in [-0.15, -0.1) is 0 Å². The summed E-state index contributed by atoms with van der Waals surface area (Å²) in [5, 5.41) is 15.0. The molecule has 156 valence electrons. The number of ether oxygens (including phenoxy) is 1. The lowest BCUT2D eigenvalue weighted by atomic mass is 10.1. The van der Waals surface area contributed by atoms with Gasteiger partial charge < -0.3 is 20.5 Å². The summed E-state index contributed by atoms with van der Waals surface area (Å²) in [7, 11) is 0. The third kappa shape index (κ3) is 5.99. The summed E-state index contributed by atoms with van der Waals surface area (Å²) in [6, 6.07) is 14.8. The number of aliphatic hydroxyl groups excluding tert-OH is 1. The minimum absolute atomic E-state index is 0.121. The summed E-state index contributed by atoms with van der Waals surface area (Å²) in [5.41, 5.74) is 0.962. The van der Waals surface area contributed by atoms with Gasteiger partial charge in [-0.2, -0.15) is 0 Å². The number of halogens is 3. The Balaban J connectivity index is 1.52. The summed E-state index contributed by atoms with van der Waals surface area (Å²) >= 11 is 0. The maximum Gasteiger partial charge on any atom is 0.319 e. The maximum absolute atomic E-state index is 13.7. The lowest BCUT2D eigenvalue weighted by Crippen LogP contribution is -2.32. The van der Waals surface area contributed by atoms with Crippen LogP contribution in [0.5, 0.6) is 5.75 Å². The van der Waals surface area contributed by atoms with Crippen LogP contribution in [0.25, 0.3) is 0 Å². The van der Waals surface area contributed by atoms with Gasteiger partial charge in [-0.3, -0.25) is 0 Å². The van der Waals surface area contributed by atoms with Crippen LogP contribution in [0.1, 0.15) is 17.2 Å². The molecule has 0 bridgehead atoms. The predicted molar refractivity (Wildman–Crippen MR) is 106 cm³/mol. The first-order valence-electron chi connectivity index (χ1n) is 9.06. The molecule has 30 heavy (non-hydrogen) atoms. The Labute approximate surface area is 171 Å². The first-order chi connectivity index (χ1) is 14.4. The van der Waals surface area contributed by atoms with Crippen molar-refractivity contribution in [3.05, 3.63) is 95.3 Å². The second-order valence-electron chi connectivity index (χ2n) is 6.46. The minimum atomic E-state index is -1.34. The molecule has 3 aromatic rings. The molecule has 0 aliphatic heterocycles. The Morgan fingerprint density at radius 2 is 1.73 bits per heavy atom. The average molecular weight is 416 g/mol. The lowest BCUT2D eigenvalue weighted by Gasteiger charge is -2.14. The highest BCUT2D eigenvalue weighted by atomic mass is 19.1. The van der Waals surface area contributed by atoms with Crippen LogP contribution < -0.4 is 15.4 Å². The Morgan fingerprint density at radius 1 is 0.967 bits per heavy atom. The Morgan fingerprint density at radius 3 is 2.50 bits per heavy atom. The Hall–Kier alpha value is -3.52. The Bertz CT molecular complexity index is 1030. The van der Waals surface area contributed by atoms with Crippen LogP contribution in [0.3, 0.4) is 0 Å². The molecule has 5 nitrogen and oxygen atoms in total. The van der Waals surface area contributed by atoms with E-state index in [4.69, 9.17) is 4.74 Å². The number of urea groups is 1. The zero-order chi connectivity index (χ0) is 21.5. The van der Waals surface area contributed by atoms with Crippen LogP contribution in [0.4, 0.5) is 23.7 Å². The zero-order valence-corrected chi connectivity index (χ0v) is 15.7. The number of amides is 2. The molecule has 1 unspecified atom stereocenters. The largest absolute Gasteiger partial charge is 0.489 e. The molecule has 0 aromatic heterocycles. The molecule has 3 N–H and O–H groups in total. The van der Waals surface area contributed by atoms with Gasteiger partial charge in [0.1, 0.15) is 29.8 Å². The van der Waals surface area contributed by atoms with Gasteiger partial charge in [0.2, 0.25) is 0 Å². The number of hydrogen-bond acceptors (Lipinski definition) is 3.